The minimum atomic E-state index is -0.643. The third kappa shape index (κ3) is 3.99. The van der Waals surface area contributed by atoms with Crippen LogP contribution in [-0.4, -0.2) is 51.9 Å². The Morgan fingerprint density at radius 1 is 1.13 bits per heavy atom. The van der Waals surface area contributed by atoms with Gasteiger partial charge in [-0.1, -0.05) is 51.1 Å². The fourth-order valence-corrected chi connectivity index (χ4v) is 4.15. The second-order valence-electron chi connectivity index (χ2n) is 9.34. The number of amides is 2. The summed E-state index contributed by atoms with van der Waals surface area (Å²) in [5, 5.41) is 5.62. The standard InChI is InChI=1S/C23H31N5O2/c1-23(2,3)19(22(30)24-4)26-21(29)18-17-14-27(16-10-11-16)12-13-28(17)20(25-18)15-8-6-5-7-9-15/h5-9,16,19H,10-14H2,1-4H3,(H,24,30)(H,26,29). The molecule has 1 aromatic heterocycles. The smallest absolute Gasteiger partial charge is 0.272 e. The Kier molecular flexibility index (Phi) is 5.40. The lowest BCUT2D eigenvalue weighted by molar-refractivity contribution is -0.124. The van der Waals surface area contributed by atoms with Gasteiger partial charge in [0, 0.05) is 38.3 Å². The number of hydrogen-bond acceptors (Lipinski definition) is 4. The first-order valence-electron chi connectivity index (χ1n) is 10.7. The Morgan fingerprint density at radius 2 is 1.83 bits per heavy atom. The first kappa shape index (κ1) is 20.6. The summed E-state index contributed by atoms with van der Waals surface area (Å²) in [6.07, 6.45) is 2.45. The first-order chi connectivity index (χ1) is 14.3. The zero-order chi connectivity index (χ0) is 21.5. The fourth-order valence-electron chi connectivity index (χ4n) is 4.15. The van der Waals surface area contributed by atoms with Gasteiger partial charge in [-0.2, -0.15) is 0 Å². The maximum absolute atomic E-state index is 13.3. The molecule has 1 aliphatic heterocycles. The average molecular weight is 410 g/mol. The quantitative estimate of drug-likeness (QED) is 0.795. The second kappa shape index (κ2) is 7.87. The molecule has 2 aliphatic rings. The van der Waals surface area contributed by atoms with E-state index in [1.807, 2.05) is 51.1 Å². The van der Waals surface area contributed by atoms with Gasteiger partial charge in [-0.3, -0.25) is 14.5 Å². The molecule has 1 atom stereocenters. The highest BCUT2D eigenvalue weighted by molar-refractivity contribution is 5.97. The molecular weight excluding hydrogens is 378 g/mol. The predicted molar refractivity (Wildman–Crippen MR) is 116 cm³/mol. The van der Waals surface area contributed by atoms with E-state index in [9.17, 15) is 9.59 Å². The van der Waals surface area contributed by atoms with E-state index in [1.165, 1.54) is 12.8 Å². The summed E-state index contributed by atoms with van der Waals surface area (Å²) in [4.78, 5) is 33.0. The van der Waals surface area contributed by atoms with Crippen molar-refractivity contribution in [2.75, 3.05) is 13.6 Å². The molecule has 2 amide bonds. The van der Waals surface area contributed by atoms with Crippen molar-refractivity contribution in [1.29, 1.82) is 0 Å². The van der Waals surface area contributed by atoms with Crippen molar-refractivity contribution in [1.82, 2.24) is 25.1 Å². The lowest BCUT2D eigenvalue weighted by atomic mass is 9.86. The molecule has 0 bridgehead atoms. The van der Waals surface area contributed by atoms with Crippen LogP contribution in [0.3, 0.4) is 0 Å². The van der Waals surface area contributed by atoms with Gasteiger partial charge in [0.15, 0.2) is 5.69 Å². The summed E-state index contributed by atoms with van der Waals surface area (Å²) in [5.74, 6) is 0.326. The number of carbonyl (C=O) groups is 2. The van der Waals surface area contributed by atoms with Crippen LogP contribution < -0.4 is 10.6 Å². The molecule has 0 spiro atoms. The van der Waals surface area contributed by atoms with Crippen molar-refractivity contribution >= 4 is 11.8 Å². The van der Waals surface area contributed by atoms with Gasteiger partial charge in [0.2, 0.25) is 5.91 Å². The number of imidazole rings is 1. The van der Waals surface area contributed by atoms with Gasteiger partial charge in [-0.05, 0) is 18.3 Å². The molecule has 1 aromatic carbocycles. The summed E-state index contributed by atoms with van der Waals surface area (Å²) >= 11 is 0. The number of rotatable bonds is 5. The molecule has 7 nitrogen and oxygen atoms in total. The maximum atomic E-state index is 13.3. The lowest BCUT2D eigenvalue weighted by Gasteiger charge is -2.31. The molecule has 1 aliphatic carbocycles. The van der Waals surface area contributed by atoms with Crippen molar-refractivity contribution in [2.45, 2.75) is 58.8 Å². The van der Waals surface area contributed by atoms with Crippen LogP contribution in [0.1, 0.15) is 49.8 Å². The predicted octanol–water partition coefficient (Wildman–Crippen LogP) is 2.42. The molecule has 2 heterocycles. The fraction of sp³-hybridized carbons (Fsp3) is 0.522. The normalized spacial score (nSPS) is 17.9. The second-order valence-corrected chi connectivity index (χ2v) is 9.34. The van der Waals surface area contributed by atoms with Crippen molar-refractivity contribution < 1.29 is 9.59 Å². The van der Waals surface area contributed by atoms with E-state index < -0.39 is 11.5 Å². The summed E-state index contributed by atoms with van der Waals surface area (Å²) < 4.78 is 2.18. The number of aromatic nitrogens is 2. The number of nitrogens with one attached hydrogen (secondary N) is 2. The van der Waals surface area contributed by atoms with Gasteiger partial charge in [0.25, 0.3) is 5.91 Å². The Hall–Kier alpha value is -2.67. The van der Waals surface area contributed by atoms with E-state index >= 15 is 0 Å². The summed E-state index contributed by atoms with van der Waals surface area (Å²) in [6, 6.07) is 9.96. The van der Waals surface area contributed by atoms with Crippen LogP contribution in [0.25, 0.3) is 11.4 Å². The van der Waals surface area contributed by atoms with Crippen LogP contribution in [0.15, 0.2) is 30.3 Å². The van der Waals surface area contributed by atoms with Crippen LogP contribution in [-0.2, 0) is 17.9 Å². The van der Waals surface area contributed by atoms with E-state index in [1.54, 1.807) is 7.05 Å². The lowest BCUT2D eigenvalue weighted by Crippen LogP contribution is -2.53. The maximum Gasteiger partial charge on any atom is 0.272 e. The van der Waals surface area contributed by atoms with Gasteiger partial charge < -0.3 is 15.2 Å². The molecule has 7 heteroatoms. The molecule has 2 aromatic rings. The van der Waals surface area contributed by atoms with Gasteiger partial charge in [-0.25, -0.2) is 4.98 Å². The van der Waals surface area contributed by atoms with Crippen LogP contribution in [0.5, 0.6) is 0 Å². The van der Waals surface area contributed by atoms with Gasteiger partial charge in [-0.15, -0.1) is 0 Å². The number of carbonyl (C=O) groups excluding carboxylic acids is 2. The minimum absolute atomic E-state index is 0.202. The highest BCUT2D eigenvalue weighted by Crippen LogP contribution is 2.33. The molecular formula is C23H31N5O2. The van der Waals surface area contributed by atoms with Crippen LogP contribution in [0, 0.1) is 5.41 Å². The van der Waals surface area contributed by atoms with E-state index in [0.29, 0.717) is 18.3 Å². The van der Waals surface area contributed by atoms with E-state index in [-0.39, 0.29) is 11.8 Å². The molecule has 4 rings (SSSR count). The Bertz CT molecular complexity index is 940. The van der Waals surface area contributed by atoms with Crippen LogP contribution in [0.4, 0.5) is 0 Å². The van der Waals surface area contributed by atoms with Crippen LogP contribution >= 0.6 is 0 Å². The Balaban J connectivity index is 1.70. The largest absolute Gasteiger partial charge is 0.357 e. The van der Waals surface area contributed by atoms with E-state index in [2.05, 4.69) is 20.1 Å². The van der Waals surface area contributed by atoms with Crippen molar-refractivity contribution in [3.8, 4) is 11.4 Å². The molecule has 1 saturated carbocycles. The number of hydrogen-bond donors (Lipinski definition) is 2. The number of nitrogens with zero attached hydrogens (tertiary/aromatic N) is 3. The Morgan fingerprint density at radius 3 is 2.43 bits per heavy atom. The monoisotopic (exact) mass is 409 g/mol. The number of fused-ring (bicyclic) bond motifs is 1. The first-order valence-corrected chi connectivity index (χ1v) is 10.7. The third-order valence-electron chi connectivity index (χ3n) is 6.00. The number of benzene rings is 1. The molecule has 0 radical (unpaired) electrons. The van der Waals surface area contributed by atoms with Crippen molar-refractivity contribution in [3.05, 3.63) is 41.7 Å². The molecule has 30 heavy (non-hydrogen) atoms. The average Bonchev–Trinajstić information content (AvgIpc) is 3.51. The molecule has 1 fully saturated rings. The van der Waals surface area contributed by atoms with E-state index in [4.69, 9.17) is 4.98 Å². The molecule has 0 saturated heterocycles. The van der Waals surface area contributed by atoms with Crippen LogP contribution in [0.2, 0.25) is 0 Å². The highest BCUT2D eigenvalue weighted by atomic mass is 16.2. The molecule has 2 N–H and O–H groups in total. The zero-order valence-electron chi connectivity index (χ0n) is 18.2. The van der Waals surface area contributed by atoms with Crippen molar-refractivity contribution in [2.24, 2.45) is 5.41 Å². The number of likely N-dealkylation sites (N-methyl/N-ethyl adjacent to an activating group) is 1. The molecule has 1 unspecified atom stereocenters. The summed E-state index contributed by atoms with van der Waals surface area (Å²) in [7, 11) is 1.59. The zero-order valence-corrected chi connectivity index (χ0v) is 18.2. The summed E-state index contributed by atoms with van der Waals surface area (Å²) in [6.45, 7) is 8.33. The minimum Gasteiger partial charge on any atom is -0.357 e. The van der Waals surface area contributed by atoms with E-state index in [0.717, 1.165) is 30.2 Å². The van der Waals surface area contributed by atoms with Gasteiger partial charge in [0.1, 0.15) is 11.9 Å². The van der Waals surface area contributed by atoms with Gasteiger partial charge in [0.05, 0.1) is 5.69 Å². The van der Waals surface area contributed by atoms with Crippen molar-refractivity contribution in [3.63, 3.8) is 0 Å². The molecule has 160 valence electrons. The van der Waals surface area contributed by atoms with Gasteiger partial charge >= 0.3 is 0 Å². The summed E-state index contributed by atoms with van der Waals surface area (Å²) in [5.41, 5.74) is 1.94. The highest BCUT2D eigenvalue weighted by Gasteiger charge is 2.37. The topological polar surface area (TPSA) is 79.3 Å². The Labute approximate surface area is 177 Å². The SMILES string of the molecule is CNC(=O)C(NC(=O)c1nc(-c2ccccc2)n2c1CN(C1CC1)CC2)C(C)(C)C. The third-order valence-corrected chi connectivity index (χ3v) is 6.00.